The molecular formula is C16H16N2O. The summed E-state index contributed by atoms with van der Waals surface area (Å²) in [7, 11) is 0. The van der Waals surface area contributed by atoms with Crippen LogP contribution in [-0.2, 0) is 17.8 Å². The smallest absolute Gasteiger partial charge is 0.231 e. The highest BCUT2D eigenvalue weighted by atomic mass is 16.2. The Morgan fingerprint density at radius 1 is 1.21 bits per heavy atom. The molecule has 2 aromatic carbocycles. The van der Waals surface area contributed by atoms with E-state index in [1.54, 1.807) is 0 Å². The number of amides is 1. The summed E-state index contributed by atoms with van der Waals surface area (Å²) >= 11 is 0. The van der Waals surface area contributed by atoms with Gasteiger partial charge in [0.15, 0.2) is 0 Å². The lowest BCUT2D eigenvalue weighted by atomic mass is 10.1. The summed E-state index contributed by atoms with van der Waals surface area (Å²) in [4.78, 5) is 14.0. The number of hydrogen-bond acceptors (Lipinski definition) is 2. The third kappa shape index (κ3) is 2.19. The van der Waals surface area contributed by atoms with Gasteiger partial charge in [0.25, 0.3) is 0 Å². The maximum Gasteiger partial charge on any atom is 0.231 e. The topological polar surface area (TPSA) is 46.3 Å². The van der Waals surface area contributed by atoms with E-state index in [1.807, 2.05) is 29.2 Å². The van der Waals surface area contributed by atoms with Gasteiger partial charge >= 0.3 is 0 Å². The zero-order valence-electron chi connectivity index (χ0n) is 10.9. The lowest BCUT2D eigenvalue weighted by molar-refractivity contribution is -0.117. The Morgan fingerprint density at radius 3 is 2.84 bits per heavy atom. The normalized spacial score (nSPS) is 13.7. The molecule has 1 aliphatic rings. The molecule has 0 aromatic heterocycles. The highest BCUT2D eigenvalue weighted by Gasteiger charge is 2.27. The Hall–Kier alpha value is -2.29. The van der Waals surface area contributed by atoms with Crippen LogP contribution in [0.25, 0.3) is 0 Å². The lowest BCUT2D eigenvalue weighted by Crippen LogP contribution is -2.25. The summed E-state index contributed by atoms with van der Waals surface area (Å²) in [5.74, 6) is 0.141. The largest absolute Gasteiger partial charge is 0.399 e. The average Bonchev–Trinajstić information content (AvgIpc) is 2.65. The number of nitrogens with two attached hydrogens (primary N) is 1. The van der Waals surface area contributed by atoms with Crippen molar-refractivity contribution < 1.29 is 4.79 Å². The summed E-state index contributed by atoms with van der Waals surface area (Å²) < 4.78 is 0. The lowest BCUT2D eigenvalue weighted by Gasteiger charge is -2.18. The summed E-state index contributed by atoms with van der Waals surface area (Å²) in [6.45, 7) is 2.68. The fourth-order valence-corrected chi connectivity index (χ4v) is 2.57. The third-order valence-corrected chi connectivity index (χ3v) is 3.46. The first-order valence-corrected chi connectivity index (χ1v) is 6.38. The van der Waals surface area contributed by atoms with E-state index in [4.69, 9.17) is 5.73 Å². The number of aryl methyl sites for hydroxylation is 1. The first-order valence-electron chi connectivity index (χ1n) is 6.38. The molecule has 0 fully saturated rings. The van der Waals surface area contributed by atoms with Crippen molar-refractivity contribution in [3.05, 3.63) is 59.2 Å². The average molecular weight is 252 g/mol. The molecule has 0 aliphatic carbocycles. The number of carbonyl (C=O) groups excluding carboxylic acids is 1. The van der Waals surface area contributed by atoms with Crippen LogP contribution in [0.3, 0.4) is 0 Å². The fourth-order valence-electron chi connectivity index (χ4n) is 2.57. The van der Waals surface area contributed by atoms with Crippen molar-refractivity contribution in [1.82, 2.24) is 0 Å². The Labute approximate surface area is 112 Å². The zero-order valence-corrected chi connectivity index (χ0v) is 10.9. The molecule has 2 aromatic rings. The number of hydrogen-bond donors (Lipinski definition) is 1. The number of benzene rings is 2. The predicted molar refractivity (Wildman–Crippen MR) is 76.9 cm³/mol. The van der Waals surface area contributed by atoms with Gasteiger partial charge in [-0.3, -0.25) is 4.79 Å². The van der Waals surface area contributed by atoms with Crippen LogP contribution in [0.1, 0.15) is 16.7 Å². The van der Waals surface area contributed by atoms with Crippen LogP contribution in [0.5, 0.6) is 0 Å². The van der Waals surface area contributed by atoms with Crippen molar-refractivity contribution in [2.75, 3.05) is 10.6 Å². The van der Waals surface area contributed by atoms with E-state index >= 15 is 0 Å². The van der Waals surface area contributed by atoms with E-state index in [-0.39, 0.29) is 5.91 Å². The second kappa shape index (κ2) is 4.43. The number of nitrogen functional groups attached to an aromatic ring is 1. The molecule has 0 saturated heterocycles. The summed E-state index contributed by atoms with van der Waals surface area (Å²) in [6, 6.07) is 13.9. The van der Waals surface area contributed by atoms with Crippen molar-refractivity contribution in [1.29, 1.82) is 0 Å². The van der Waals surface area contributed by atoms with E-state index in [0.717, 1.165) is 16.8 Å². The van der Waals surface area contributed by atoms with Crippen LogP contribution in [0.2, 0.25) is 0 Å². The monoisotopic (exact) mass is 252 g/mol. The second-order valence-electron chi connectivity index (χ2n) is 5.03. The van der Waals surface area contributed by atoms with Gasteiger partial charge in [-0.2, -0.15) is 0 Å². The van der Waals surface area contributed by atoms with Crippen LogP contribution in [-0.4, -0.2) is 5.91 Å². The van der Waals surface area contributed by atoms with Gasteiger partial charge in [-0.25, -0.2) is 0 Å². The molecule has 0 bridgehead atoms. The molecule has 0 radical (unpaired) electrons. The van der Waals surface area contributed by atoms with E-state index in [2.05, 4.69) is 25.1 Å². The highest BCUT2D eigenvalue weighted by Crippen LogP contribution is 2.31. The standard InChI is InChI=1S/C16H16N2O/c1-11-3-2-4-12(7-11)10-18-15-6-5-14(17)8-13(15)9-16(18)19/h2-8H,9-10,17H2,1H3. The molecule has 0 saturated carbocycles. The van der Waals surface area contributed by atoms with Gasteiger partial charge in [-0.1, -0.05) is 29.8 Å². The summed E-state index contributed by atoms with van der Waals surface area (Å²) in [5, 5.41) is 0. The molecular weight excluding hydrogens is 236 g/mol. The summed E-state index contributed by atoms with van der Waals surface area (Å²) in [5.41, 5.74) is 10.8. The van der Waals surface area contributed by atoms with Gasteiger partial charge in [-0.05, 0) is 36.2 Å². The molecule has 96 valence electrons. The van der Waals surface area contributed by atoms with Crippen LogP contribution in [0.15, 0.2) is 42.5 Å². The van der Waals surface area contributed by atoms with E-state index < -0.39 is 0 Å². The zero-order chi connectivity index (χ0) is 13.4. The molecule has 3 heteroatoms. The minimum absolute atomic E-state index is 0.141. The molecule has 19 heavy (non-hydrogen) atoms. The number of nitrogens with zero attached hydrogens (tertiary/aromatic N) is 1. The minimum Gasteiger partial charge on any atom is -0.399 e. The van der Waals surface area contributed by atoms with Gasteiger partial charge in [0.1, 0.15) is 0 Å². The Balaban J connectivity index is 1.92. The Morgan fingerprint density at radius 2 is 2.05 bits per heavy atom. The van der Waals surface area contributed by atoms with E-state index in [1.165, 1.54) is 5.56 Å². The third-order valence-electron chi connectivity index (χ3n) is 3.46. The molecule has 3 nitrogen and oxygen atoms in total. The fraction of sp³-hybridized carbons (Fsp3) is 0.188. The van der Waals surface area contributed by atoms with Gasteiger partial charge in [0.2, 0.25) is 5.91 Å². The van der Waals surface area contributed by atoms with Crippen molar-refractivity contribution in [2.45, 2.75) is 19.9 Å². The van der Waals surface area contributed by atoms with Crippen LogP contribution < -0.4 is 10.6 Å². The second-order valence-corrected chi connectivity index (χ2v) is 5.03. The van der Waals surface area contributed by atoms with Crippen LogP contribution in [0.4, 0.5) is 11.4 Å². The van der Waals surface area contributed by atoms with Gasteiger partial charge in [-0.15, -0.1) is 0 Å². The molecule has 3 rings (SSSR count). The van der Waals surface area contributed by atoms with Crippen molar-refractivity contribution in [3.8, 4) is 0 Å². The van der Waals surface area contributed by atoms with Gasteiger partial charge in [0.05, 0.1) is 13.0 Å². The van der Waals surface area contributed by atoms with Crippen molar-refractivity contribution in [3.63, 3.8) is 0 Å². The maximum absolute atomic E-state index is 12.1. The first kappa shape index (κ1) is 11.8. The molecule has 1 aliphatic heterocycles. The number of anilines is 2. The molecule has 0 spiro atoms. The van der Waals surface area contributed by atoms with Gasteiger partial charge < -0.3 is 10.6 Å². The maximum atomic E-state index is 12.1. The van der Waals surface area contributed by atoms with Crippen molar-refractivity contribution >= 4 is 17.3 Å². The number of fused-ring (bicyclic) bond motifs is 1. The SMILES string of the molecule is Cc1cccc(CN2C(=O)Cc3cc(N)ccc32)c1. The van der Waals surface area contributed by atoms with E-state index in [9.17, 15) is 4.79 Å². The summed E-state index contributed by atoms with van der Waals surface area (Å²) in [6.07, 6.45) is 0.451. The van der Waals surface area contributed by atoms with Gasteiger partial charge in [0, 0.05) is 11.4 Å². The number of carbonyl (C=O) groups is 1. The van der Waals surface area contributed by atoms with Crippen molar-refractivity contribution in [2.24, 2.45) is 0 Å². The van der Waals surface area contributed by atoms with Crippen LogP contribution >= 0.6 is 0 Å². The number of rotatable bonds is 2. The molecule has 0 unspecified atom stereocenters. The molecule has 2 N–H and O–H groups in total. The van der Waals surface area contributed by atoms with Crippen LogP contribution in [0, 0.1) is 6.92 Å². The van der Waals surface area contributed by atoms with E-state index in [0.29, 0.717) is 18.7 Å². The quantitative estimate of drug-likeness (QED) is 0.835. The Bertz CT molecular complexity index is 649. The molecule has 0 atom stereocenters. The highest BCUT2D eigenvalue weighted by molar-refractivity contribution is 6.01. The molecule has 1 amide bonds. The predicted octanol–water partition coefficient (Wildman–Crippen LogP) is 2.67. The molecule has 1 heterocycles. The Kier molecular flexibility index (Phi) is 2.75. The minimum atomic E-state index is 0.141. The first-order chi connectivity index (χ1) is 9.13.